The molecule has 0 aromatic heterocycles. The molecule has 2 amide bonds. The lowest BCUT2D eigenvalue weighted by Gasteiger charge is -2.38. The number of aromatic hydroxyl groups is 3. The maximum Gasteiger partial charge on any atom is 0.312 e. The number of benzene rings is 4. The van der Waals surface area contributed by atoms with E-state index in [-0.39, 0.29) is 39.8 Å². The van der Waals surface area contributed by atoms with Gasteiger partial charge in [0.15, 0.2) is 5.75 Å². The maximum atomic E-state index is 14.5. The van der Waals surface area contributed by atoms with E-state index in [1.165, 1.54) is 53.0 Å². The van der Waals surface area contributed by atoms with Gasteiger partial charge in [-0.25, -0.2) is 5.43 Å². The topological polar surface area (TPSA) is 243 Å². The molecule has 3 aliphatic heterocycles. The molecule has 9 unspecified atom stereocenters. The van der Waals surface area contributed by atoms with Crippen molar-refractivity contribution in [2.24, 2.45) is 28.8 Å². The number of hydrogen-bond acceptors (Lipinski definition) is 14. The Balaban J connectivity index is 1.48. The Labute approximate surface area is 382 Å². The van der Waals surface area contributed by atoms with E-state index < -0.39 is 106 Å². The first-order chi connectivity index (χ1) is 31.2. The summed E-state index contributed by atoms with van der Waals surface area (Å²) in [6, 6.07) is 13.1. The Bertz CT molecular complexity index is 2680. The van der Waals surface area contributed by atoms with Crippen LogP contribution in [0.15, 0.2) is 83.7 Å². The van der Waals surface area contributed by atoms with Crippen LogP contribution in [0, 0.1) is 30.6 Å². The van der Waals surface area contributed by atoms with Gasteiger partial charge in [0.1, 0.15) is 23.4 Å². The summed E-state index contributed by atoms with van der Waals surface area (Å²) in [4.78, 5) is 54.0. The predicted octanol–water partition coefficient (Wildman–Crippen LogP) is 6.60. The van der Waals surface area contributed by atoms with Crippen LogP contribution in [0.1, 0.15) is 75.5 Å². The molecule has 3 heterocycles. The molecule has 0 saturated carbocycles. The van der Waals surface area contributed by atoms with Crippen molar-refractivity contribution in [3.8, 4) is 23.0 Å². The van der Waals surface area contributed by atoms with Crippen LogP contribution >= 0.6 is 0 Å². The van der Waals surface area contributed by atoms with Crippen molar-refractivity contribution in [2.75, 3.05) is 12.4 Å². The van der Waals surface area contributed by atoms with E-state index in [1.54, 1.807) is 33.8 Å². The molecule has 4 aromatic rings. The lowest BCUT2D eigenvalue weighted by molar-refractivity contribution is -0.160. The molecule has 7 rings (SSSR count). The Morgan fingerprint density at radius 2 is 1.61 bits per heavy atom. The summed E-state index contributed by atoms with van der Waals surface area (Å²) in [5.41, 5.74) is 2.21. The number of hydrazone groups is 1. The van der Waals surface area contributed by atoms with E-state index in [1.807, 2.05) is 42.5 Å². The third-order valence-electron chi connectivity index (χ3n) is 12.6. The summed E-state index contributed by atoms with van der Waals surface area (Å²) in [6.45, 7) is 12.3. The van der Waals surface area contributed by atoms with Crippen LogP contribution in [-0.4, -0.2) is 92.6 Å². The van der Waals surface area contributed by atoms with Crippen LogP contribution < -0.4 is 15.5 Å². The highest BCUT2D eigenvalue weighted by atomic mass is 16.7. The summed E-state index contributed by atoms with van der Waals surface area (Å²) in [5.74, 6) is -9.70. The molecule has 16 nitrogen and oxygen atoms in total. The molecule has 350 valence electrons. The number of fused-ring (bicyclic) bond motifs is 15. The average molecular weight is 908 g/mol. The van der Waals surface area contributed by atoms with Gasteiger partial charge in [-0.1, -0.05) is 88.4 Å². The number of carbonyl (C=O) groups is 4. The largest absolute Gasteiger partial charge is 0.507 e. The van der Waals surface area contributed by atoms with Crippen molar-refractivity contribution in [3.63, 3.8) is 0 Å². The standard InChI is InChI=1S/C50H57N3O13/c1-24-14-12-15-25(2)49(62)52-40-34(23-51-53-36(55)22-32-18-13-17-31-16-10-11-19-33(31)32)44(59)37-38(45(40)60)43(58)29(6)47-39(37)48(61)50(8,66-47)64-21-20-35(63-9)26(3)46(65-30(7)54)28(5)42(57)27(4)41(24)56/h10-21,23-24,26-28,35,41-42,46,56-60H,22H2,1-9H3,(H,52,62)(H,53,55)/b14-12+,21-20+,25-15+,51-23-. The van der Waals surface area contributed by atoms with Crippen LogP contribution in [0.2, 0.25) is 0 Å². The Morgan fingerprint density at radius 1 is 0.909 bits per heavy atom. The number of amides is 2. The highest BCUT2D eigenvalue weighted by Crippen LogP contribution is 2.55. The van der Waals surface area contributed by atoms with Crippen LogP contribution in [0.25, 0.3) is 21.5 Å². The second-order valence-corrected chi connectivity index (χ2v) is 17.2. The van der Waals surface area contributed by atoms with Crippen molar-refractivity contribution in [2.45, 2.75) is 92.0 Å². The number of aliphatic hydroxyl groups is 2. The number of anilines is 1. The lowest BCUT2D eigenvalue weighted by Crippen LogP contribution is -2.46. The molecular weight excluding hydrogens is 851 g/mol. The zero-order chi connectivity index (χ0) is 48.4. The second-order valence-electron chi connectivity index (χ2n) is 17.2. The van der Waals surface area contributed by atoms with E-state index in [0.717, 1.165) is 28.8 Å². The molecule has 0 aliphatic carbocycles. The Kier molecular flexibility index (Phi) is 14.6. The smallest absolute Gasteiger partial charge is 0.312 e. The summed E-state index contributed by atoms with van der Waals surface area (Å²) >= 11 is 0. The molecule has 4 aromatic carbocycles. The SMILES string of the molecule is COC1/C=C/OC2(C)Oc3c(C)c(O)c4c(O)c(c(/C=N\NC(=O)Cc5cccc6ccccc56)c(O)c4c3C2=O)NC(=O)/C(C)=C/C=C/C(C)C(O)C(C)C(O)C(C)C(OC(C)=O)C1C. The van der Waals surface area contributed by atoms with Gasteiger partial charge in [0.2, 0.25) is 5.91 Å². The van der Waals surface area contributed by atoms with Gasteiger partial charge in [0.05, 0.1) is 59.4 Å². The zero-order valence-electron chi connectivity index (χ0n) is 38.3. The second kappa shape index (κ2) is 19.8. The molecule has 0 fully saturated rings. The highest BCUT2D eigenvalue weighted by Gasteiger charge is 2.50. The van der Waals surface area contributed by atoms with Gasteiger partial charge < -0.3 is 49.8 Å². The molecule has 66 heavy (non-hydrogen) atoms. The monoisotopic (exact) mass is 907 g/mol. The highest BCUT2D eigenvalue weighted by molar-refractivity contribution is 6.24. The third kappa shape index (κ3) is 9.48. The number of hydrogen-bond donors (Lipinski definition) is 7. The van der Waals surface area contributed by atoms with Gasteiger partial charge in [-0.15, -0.1) is 0 Å². The first-order valence-electron chi connectivity index (χ1n) is 21.6. The van der Waals surface area contributed by atoms with Crippen LogP contribution in [0.3, 0.4) is 0 Å². The van der Waals surface area contributed by atoms with Crippen molar-refractivity contribution in [1.29, 1.82) is 0 Å². The van der Waals surface area contributed by atoms with Crippen molar-refractivity contribution in [1.82, 2.24) is 5.43 Å². The Hall–Kier alpha value is -6.75. The normalized spacial score (nSPS) is 28.1. The number of esters is 1. The van der Waals surface area contributed by atoms with Crippen LogP contribution in [0.4, 0.5) is 5.69 Å². The van der Waals surface area contributed by atoms with E-state index in [2.05, 4.69) is 15.8 Å². The van der Waals surface area contributed by atoms with Crippen molar-refractivity contribution < 1.29 is 63.7 Å². The molecule has 16 heteroatoms. The summed E-state index contributed by atoms with van der Waals surface area (Å²) in [6.07, 6.45) is 4.15. The fourth-order valence-electron chi connectivity index (χ4n) is 8.70. The number of nitrogens with zero attached hydrogens (tertiary/aromatic N) is 1. The van der Waals surface area contributed by atoms with Gasteiger partial charge in [-0.05, 0) is 36.3 Å². The molecule has 7 N–H and O–H groups in total. The van der Waals surface area contributed by atoms with E-state index in [9.17, 15) is 44.7 Å². The van der Waals surface area contributed by atoms with Gasteiger partial charge in [0, 0.05) is 61.2 Å². The van der Waals surface area contributed by atoms with Crippen molar-refractivity contribution >= 4 is 57.0 Å². The first kappa shape index (κ1) is 48.7. The van der Waals surface area contributed by atoms with E-state index in [4.69, 9.17) is 18.9 Å². The fourth-order valence-corrected chi connectivity index (χ4v) is 8.70. The minimum Gasteiger partial charge on any atom is -0.507 e. The van der Waals surface area contributed by atoms with E-state index in [0.29, 0.717) is 0 Å². The fraction of sp³-hybridized carbons (Fsp3) is 0.380. The third-order valence-corrected chi connectivity index (χ3v) is 12.6. The summed E-state index contributed by atoms with van der Waals surface area (Å²) in [7, 11) is 1.42. The minimum absolute atomic E-state index is 0.00585. The average Bonchev–Trinajstić information content (AvgIpc) is 3.55. The molecule has 5 bridgehead atoms. The number of rotatable bonds is 6. The molecule has 0 saturated heterocycles. The summed E-state index contributed by atoms with van der Waals surface area (Å²) in [5, 5.41) is 66.4. The molecule has 3 aliphatic rings. The number of nitrogens with one attached hydrogen (secondary N) is 2. The quantitative estimate of drug-likeness (QED) is 0.0355. The maximum absolute atomic E-state index is 14.5. The molecular formula is C50H57N3O13. The number of ketones is 1. The number of aliphatic hydroxyl groups excluding tert-OH is 2. The minimum atomic E-state index is -2.12. The number of methoxy groups -OCH3 is 1. The van der Waals surface area contributed by atoms with Gasteiger partial charge in [-0.3, -0.25) is 19.2 Å². The summed E-state index contributed by atoms with van der Waals surface area (Å²) < 4.78 is 23.6. The van der Waals surface area contributed by atoms with Crippen molar-refractivity contribution in [3.05, 3.63) is 101 Å². The van der Waals surface area contributed by atoms with Crippen LogP contribution in [-0.2, 0) is 35.0 Å². The molecule has 0 spiro atoms. The predicted molar refractivity (Wildman–Crippen MR) is 247 cm³/mol. The lowest BCUT2D eigenvalue weighted by atomic mass is 9.78. The number of phenolic OH excluding ortho intramolecular Hbond substituents is 3. The number of ether oxygens (including phenoxy) is 4. The van der Waals surface area contributed by atoms with E-state index >= 15 is 0 Å². The molecule has 9 atom stereocenters. The zero-order valence-corrected chi connectivity index (χ0v) is 38.3. The Morgan fingerprint density at radius 3 is 2.30 bits per heavy atom. The molecule has 0 radical (unpaired) electrons. The van der Waals surface area contributed by atoms with Gasteiger partial charge in [0.25, 0.3) is 11.7 Å². The number of phenols is 3. The number of allylic oxidation sites excluding steroid dienone is 2. The number of carbonyl (C=O) groups excluding carboxylic acids is 4. The van der Waals surface area contributed by atoms with Gasteiger partial charge in [-0.2, -0.15) is 5.10 Å². The van der Waals surface area contributed by atoms with Gasteiger partial charge >= 0.3 is 11.8 Å². The van der Waals surface area contributed by atoms with Crippen LogP contribution in [0.5, 0.6) is 23.0 Å². The first-order valence-corrected chi connectivity index (χ1v) is 21.6. The number of Topliss-reactive ketones (excluding diaryl/α,β-unsaturated/α-hetero) is 1.